The molecule has 0 unspecified atom stereocenters. The third-order valence-electron chi connectivity index (χ3n) is 2.18. The van der Waals surface area contributed by atoms with Crippen molar-refractivity contribution in [2.24, 2.45) is 0 Å². The number of nitrogens with zero attached hydrogens (tertiary/aromatic N) is 1. The summed E-state index contributed by atoms with van der Waals surface area (Å²) >= 11 is 0. The third kappa shape index (κ3) is 1.59. The van der Waals surface area contributed by atoms with Crippen LogP contribution in [0.2, 0.25) is 0 Å². The lowest BCUT2D eigenvalue weighted by Crippen LogP contribution is -2.04. The van der Waals surface area contributed by atoms with Crippen molar-refractivity contribution in [3.63, 3.8) is 0 Å². The highest BCUT2D eigenvalue weighted by molar-refractivity contribution is 5.81. The van der Waals surface area contributed by atoms with Gasteiger partial charge in [-0.3, -0.25) is 4.98 Å². The molecule has 0 saturated heterocycles. The van der Waals surface area contributed by atoms with Crippen LogP contribution in [0.1, 0.15) is 5.56 Å². The van der Waals surface area contributed by atoms with Crippen LogP contribution < -0.4 is 5.32 Å². The first kappa shape index (κ1) is 8.75. The van der Waals surface area contributed by atoms with Crippen molar-refractivity contribution in [3.8, 4) is 0 Å². The smallest absolute Gasteiger partial charge is 0.0705 e. The zero-order valence-electron chi connectivity index (χ0n) is 7.90. The Balaban J connectivity index is 2.48. The summed E-state index contributed by atoms with van der Waals surface area (Å²) in [7, 11) is 0. The van der Waals surface area contributed by atoms with E-state index in [0.29, 0.717) is 0 Å². The van der Waals surface area contributed by atoms with Crippen molar-refractivity contribution in [1.82, 2.24) is 10.3 Å². The lowest BCUT2D eigenvalue weighted by molar-refractivity contribution is 0.878. The minimum absolute atomic E-state index is 0.798. The Hall–Kier alpha value is -1.83. The Morgan fingerprint density at radius 1 is 1.29 bits per heavy atom. The fourth-order valence-electron chi connectivity index (χ4n) is 1.49. The highest BCUT2D eigenvalue weighted by atomic mass is 14.8. The van der Waals surface area contributed by atoms with Gasteiger partial charge in [0.05, 0.1) is 5.52 Å². The average Bonchev–Trinajstić information content (AvgIpc) is 2.26. The third-order valence-corrected chi connectivity index (χ3v) is 2.18. The van der Waals surface area contributed by atoms with Gasteiger partial charge in [0.2, 0.25) is 0 Å². The van der Waals surface area contributed by atoms with Gasteiger partial charge in [0.25, 0.3) is 0 Å². The van der Waals surface area contributed by atoms with E-state index < -0.39 is 0 Å². The summed E-state index contributed by atoms with van der Waals surface area (Å²) in [6.07, 6.45) is 3.54. The van der Waals surface area contributed by atoms with Gasteiger partial charge in [0.1, 0.15) is 0 Å². The Bertz CT molecular complexity index is 444. The van der Waals surface area contributed by atoms with Crippen LogP contribution in [0, 0.1) is 0 Å². The number of nitrogens with one attached hydrogen (secondary N) is 1. The Morgan fingerprint density at radius 2 is 2.14 bits per heavy atom. The van der Waals surface area contributed by atoms with Crippen molar-refractivity contribution < 1.29 is 0 Å². The summed E-state index contributed by atoms with van der Waals surface area (Å²) in [6, 6.07) is 10.2. The molecule has 70 valence electrons. The molecule has 1 aromatic carbocycles. The molecule has 2 heteroatoms. The molecule has 0 radical (unpaired) electrons. The highest BCUT2D eigenvalue weighted by Gasteiger charge is 1.98. The van der Waals surface area contributed by atoms with E-state index >= 15 is 0 Å². The van der Waals surface area contributed by atoms with E-state index in [1.165, 1.54) is 10.9 Å². The van der Waals surface area contributed by atoms with Crippen LogP contribution >= 0.6 is 0 Å². The van der Waals surface area contributed by atoms with E-state index in [0.717, 1.165) is 12.1 Å². The predicted molar refractivity (Wildman–Crippen MR) is 58.8 cm³/mol. The number of fused-ring (bicyclic) bond motifs is 1. The topological polar surface area (TPSA) is 24.9 Å². The molecule has 0 bridgehead atoms. The zero-order valence-corrected chi connectivity index (χ0v) is 7.90. The Labute approximate surface area is 83.3 Å². The number of para-hydroxylation sites is 1. The monoisotopic (exact) mass is 184 g/mol. The first-order chi connectivity index (χ1) is 6.92. The van der Waals surface area contributed by atoms with Crippen LogP contribution in [-0.4, -0.2) is 4.98 Å². The lowest BCUT2D eigenvalue weighted by atomic mass is 10.1. The first-order valence-corrected chi connectivity index (χ1v) is 4.59. The second-order valence-corrected chi connectivity index (χ2v) is 3.07. The van der Waals surface area contributed by atoms with E-state index in [4.69, 9.17) is 0 Å². The normalized spacial score (nSPS) is 10.0. The molecule has 2 nitrogen and oxygen atoms in total. The zero-order chi connectivity index (χ0) is 9.80. The maximum absolute atomic E-state index is 4.30. The molecule has 0 aliphatic carbocycles. The van der Waals surface area contributed by atoms with Crippen LogP contribution in [0.3, 0.4) is 0 Å². The SMILES string of the molecule is C=CNCc1ccnc2ccccc12. The van der Waals surface area contributed by atoms with Crippen molar-refractivity contribution in [2.75, 3.05) is 0 Å². The van der Waals surface area contributed by atoms with E-state index in [1.54, 1.807) is 6.20 Å². The van der Waals surface area contributed by atoms with Gasteiger partial charge in [0.15, 0.2) is 0 Å². The summed E-state index contributed by atoms with van der Waals surface area (Å²) in [5.74, 6) is 0. The van der Waals surface area contributed by atoms with Crippen LogP contribution in [0.4, 0.5) is 0 Å². The number of hydrogen-bond acceptors (Lipinski definition) is 2. The predicted octanol–water partition coefficient (Wildman–Crippen LogP) is 2.47. The molecular formula is C12H12N2. The van der Waals surface area contributed by atoms with Crippen LogP contribution in [0.25, 0.3) is 10.9 Å². The van der Waals surface area contributed by atoms with Crippen LogP contribution in [0.5, 0.6) is 0 Å². The van der Waals surface area contributed by atoms with Crippen molar-refractivity contribution >= 4 is 10.9 Å². The molecule has 0 spiro atoms. The number of benzene rings is 1. The standard InChI is InChI=1S/C12H12N2/c1-2-13-9-10-7-8-14-12-6-4-3-5-11(10)12/h2-8,13H,1,9H2. The summed E-state index contributed by atoms with van der Waals surface area (Å²) in [4.78, 5) is 4.30. The average molecular weight is 184 g/mol. The van der Waals surface area contributed by atoms with Crippen LogP contribution in [0.15, 0.2) is 49.3 Å². The second kappa shape index (κ2) is 3.92. The lowest BCUT2D eigenvalue weighted by Gasteiger charge is -2.04. The molecule has 2 aromatic rings. The molecule has 1 aromatic heterocycles. The Morgan fingerprint density at radius 3 is 3.00 bits per heavy atom. The highest BCUT2D eigenvalue weighted by Crippen LogP contribution is 2.15. The molecular weight excluding hydrogens is 172 g/mol. The van der Waals surface area contributed by atoms with Crippen LogP contribution in [-0.2, 0) is 6.54 Å². The van der Waals surface area contributed by atoms with Gasteiger partial charge in [0, 0.05) is 18.1 Å². The van der Waals surface area contributed by atoms with E-state index in [9.17, 15) is 0 Å². The van der Waals surface area contributed by atoms with Gasteiger partial charge in [-0.15, -0.1) is 0 Å². The molecule has 1 heterocycles. The number of hydrogen-bond donors (Lipinski definition) is 1. The second-order valence-electron chi connectivity index (χ2n) is 3.07. The molecule has 2 rings (SSSR count). The quantitative estimate of drug-likeness (QED) is 0.792. The van der Waals surface area contributed by atoms with Gasteiger partial charge in [-0.1, -0.05) is 24.8 Å². The molecule has 14 heavy (non-hydrogen) atoms. The van der Waals surface area contributed by atoms with E-state index in [-0.39, 0.29) is 0 Å². The van der Waals surface area contributed by atoms with Gasteiger partial charge in [-0.2, -0.15) is 0 Å². The maximum atomic E-state index is 4.30. The van der Waals surface area contributed by atoms with Crippen molar-refractivity contribution in [2.45, 2.75) is 6.54 Å². The fraction of sp³-hybridized carbons (Fsp3) is 0.0833. The first-order valence-electron chi connectivity index (χ1n) is 4.59. The molecule has 1 N–H and O–H groups in total. The van der Waals surface area contributed by atoms with Gasteiger partial charge in [-0.05, 0) is 23.9 Å². The summed E-state index contributed by atoms with van der Waals surface area (Å²) in [5.41, 5.74) is 2.28. The molecule has 0 atom stereocenters. The summed E-state index contributed by atoms with van der Waals surface area (Å²) in [5, 5.41) is 4.29. The summed E-state index contributed by atoms with van der Waals surface area (Å²) in [6.45, 7) is 4.43. The van der Waals surface area contributed by atoms with Gasteiger partial charge < -0.3 is 5.32 Å². The maximum Gasteiger partial charge on any atom is 0.0705 e. The molecule has 0 aliphatic heterocycles. The molecule has 0 amide bonds. The molecule has 0 saturated carbocycles. The Kier molecular flexibility index (Phi) is 2.45. The largest absolute Gasteiger partial charge is 0.387 e. The van der Waals surface area contributed by atoms with E-state index in [1.807, 2.05) is 30.5 Å². The number of rotatable bonds is 3. The summed E-state index contributed by atoms with van der Waals surface area (Å²) < 4.78 is 0. The molecule has 0 aliphatic rings. The van der Waals surface area contributed by atoms with Crippen molar-refractivity contribution in [1.29, 1.82) is 0 Å². The molecule has 0 fully saturated rings. The number of pyridine rings is 1. The van der Waals surface area contributed by atoms with Gasteiger partial charge in [-0.25, -0.2) is 0 Å². The van der Waals surface area contributed by atoms with Gasteiger partial charge >= 0.3 is 0 Å². The minimum atomic E-state index is 0.798. The van der Waals surface area contributed by atoms with E-state index in [2.05, 4.69) is 22.9 Å². The van der Waals surface area contributed by atoms with Crippen molar-refractivity contribution in [3.05, 3.63) is 54.9 Å². The number of aromatic nitrogens is 1. The minimum Gasteiger partial charge on any atom is -0.387 e. The fourth-order valence-corrected chi connectivity index (χ4v) is 1.49.